The van der Waals surface area contributed by atoms with Crippen molar-refractivity contribution >= 4 is 12.1 Å². The van der Waals surface area contributed by atoms with E-state index in [1.165, 1.54) is 12.3 Å². The van der Waals surface area contributed by atoms with Crippen molar-refractivity contribution in [2.75, 3.05) is 7.11 Å². The number of aromatic amines is 1. The SMILES string of the molecule is COc1ccc(-c2cc(C(=O)N/N=C\c3ccccc3F)[nH]n2)cc1. The lowest BCUT2D eigenvalue weighted by Gasteiger charge is -2.00. The molecule has 0 radical (unpaired) electrons. The number of methoxy groups -OCH3 is 1. The lowest BCUT2D eigenvalue weighted by atomic mass is 10.1. The Morgan fingerprint density at radius 2 is 2.00 bits per heavy atom. The van der Waals surface area contributed by atoms with Gasteiger partial charge in [0.1, 0.15) is 17.3 Å². The van der Waals surface area contributed by atoms with E-state index in [9.17, 15) is 9.18 Å². The van der Waals surface area contributed by atoms with Crippen molar-refractivity contribution in [2.45, 2.75) is 0 Å². The molecule has 0 atom stereocenters. The van der Waals surface area contributed by atoms with Crippen LogP contribution in [0.25, 0.3) is 11.3 Å². The Hall–Kier alpha value is -3.48. The van der Waals surface area contributed by atoms with E-state index in [2.05, 4.69) is 20.7 Å². The third-order valence-electron chi connectivity index (χ3n) is 3.48. The van der Waals surface area contributed by atoms with Crippen LogP contribution in [-0.4, -0.2) is 29.4 Å². The number of amides is 1. The van der Waals surface area contributed by atoms with Crippen LogP contribution in [0.5, 0.6) is 5.75 Å². The van der Waals surface area contributed by atoms with Gasteiger partial charge in [0.15, 0.2) is 0 Å². The molecule has 7 heteroatoms. The first-order chi connectivity index (χ1) is 12.2. The summed E-state index contributed by atoms with van der Waals surface area (Å²) in [6.45, 7) is 0. The minimum absolute atomic E-state index is 0.247. The van der Waals surface area contributed by atoms with Crippen LogP contribution in [0, 0.1) is 5.82 Å². The highest BCUT2D eigenvalue weighted by Crippen LogP contribution is 2.21. The number of carbonyl (C=O) groups excluding carboxylic acids is 1. The zero-order valence-electron chi connectivity index (χ0n) is 13.4. The minimum atomic E-state index is -0.472. The van der Waals surface area contributed by atoms with Gasteiger partial charge >= 0.3 is 0 Å². The third kappa shape index (κ3) is 3.89. The summed E-state index contributed by atoms with van der Waals surface area (Å²) in [5, 5.41) is 10.5. The number of hydrogen-bond donors (Lipinski definition) is 2. The van der Waals surface area contributed by atoms with Crippen LogP contribution in [0.1, 0.15) is 16.1 Å². The van der Waals surface area contributed by atoms with Crippen molar-refractivity contribution in [3.63, 3.8) is 0 Å². The summed E-state index contributed by atoms with van der Waals surface area (Å²) in [6.07, 6.45) is 1.24. The standard InChI is InChI=1S/C18H15FN4O2/c1-25-14-8-6-12(7-9-14)16-10-17(22-21-16)18(24)23-20-11-13-4-2-3-5-15(13)19/h2-11H,1H3,(H,21,22)(H,23,24)/b20-11-. The van der Waals surface area contributed by atoms with Crippen LogP contribution >= 0.6 is 0 Å². The number of nitrogens with zero attached hydrogens (tertiary/aromatic N) is 2. The Morgan fingerprint density at radius 1 is 1.24 bits per heavy atom. The van der Waals surface area contributed by atoms with Crippen LogP contribution < -0.4 is 10.2 Å². The summed E-state index contributed by atoms with van der Waals surface area (Å²) in [5.74, 6) is -0.150. The lowest BCUT2D eigenvalue weighted by molar-refractivity contribution is 0.0950. The second kappa shape index (κ2) is 7.39. The van der Waals surface area contributed by atoms with Crippen molar-refractivity contribution in [2.24, 2.45) is 5.10 Å². The van der Waals surface area contributed by atoms with Crippen LogP contribution in [0.2, 0.25) is 0 Å². The van der Waals surface area contributed by atoms with E-state index in [1.807, 2.05) is 24.3 Å². The van der Waals surface area contributed by atoms with Crippen molar-refractivity contribution in [3.8, 4) is 17.0 Å². The molecule has 1 aromatic heterocycles. The van der Waals surface area contributed by atoms with Crippen LogP contribution in [0.15, 0.2) is 59.7 Å². The summed E-state index contributed by atoms with van der Waals surface area (Å²) in [6, 6.07) is 15.0. The molecule has 0 unspecified atom stereocenters. The normalized spacial score (nSPS) is 10.8. The molecule has 1 heterocycles. The highest BCUT2D eigenvalue weighted by atomic mass is 19.1. The Kier molecular flexibility index (Phi) is 4.84. The maximum Gasteiger partial charge on any atom is 0.289 e. The molecule has 2 aromatic carbocycles. The molecule has 2 N–H and O–H groups in total. The first-order valence-corrected chi connectivity index (χ1v) is 7.45. The molecule has 1 amide bonds. The highest BCUT2D eigenvalue weighted by Gasteiger charge is 2.10. The molecule has 3 aromatic rings. The largest absolute Gasteiger partial charge is 0.497 e. The topological polar surface area (TPSA) is 79.4 Å². The van der Waals surface area contributed by atoms with Gasteiger partial charge in [-0.2, -0.15) is 10.2 Å². The average molecular weight is 338 g/mol. The van der Waals surface area contributed by atoms with Gasteiger partial charge in [-0.25, -0.2) is 9.82 Å². The van der Waals surface area contributed by atoms with Crippen molar-refractivity contribution in [1.82, 2.24) is 15.6 Å². The van der Waals surface area contributed by atoms with Gasteiger partial charge in [0.25, 0.3) is 5.91 Å². The fourth-order valence-electron chi connectivity index (χ4n) is 2.15. The molecular weight excluding hydrogens is 323 g/mol. The summed E-state index contributed by atoms with van der Waals surface area (Å²) < 4.78 is 18.6. The molecule has 6 nitrogen and oxygen atoms in total. The van der Waals surface area contributed by atoms with Crippen LogP contribution in [0.3, 0.4) is 0 Å². The van der Waals surface area contributed by atoms with E-state index in [4.69, 9.17) is 4.74 Å². The van der Waals surface area contributed by atoms with Gasteiger partial charge in [0.05, 0.1) is 19.0 Å². The molecule has 126 valence electrons. The number of H-pyrrole nitrogens is 1. The van der Waals surface area contributed by atoms with Gasteiger partial charge in [-0.3, -0.25) is 9.89 Å². The number of halogens is 1. The van der Waals surface area contributed by atoms with Gasteiger partial charge in [-0.1, -0.05) is 18.2 Å². The summed E-state index contributed by atoms with van der Waals surface area (Å²) in [7, 11) is 1.59. The van der Waals surface area contributed by atoms with Gasteiger partial charge < -0.3 is 4.74 Å². The Balaban J connectivity index is 1.67. The number of hydrogen-bond acceptors (Lipinski definition) is 4. The van der Waals surface area contributed by atoms with E-state index in [0.717, 1.165) is 11.3 Å². The van der Waals surface area contributed by atoms with E-state index >= 15 is 0 Å². The zero-order chi connectivity index (χ0) is 17.6. The molecule has 0 aliphatic heterocycles. The molecule has 0 spiro atoms. The Labute approximate surface area is 143 Å². The number of rotatable bonds is 5. The van der Waals surface area contributed by atoms with E-state index in [0.29, 0.717) is 5.69 Å². The predicted molar refractivity (Wildman–Crippen MR) is 92.0 cm³/mol. The highest BCUT2D eigenvalue weighted by molar-refractivity contribution is 5.94. The van der Waals surface area contributed by atoms with E-state index in [-0.39, 0.29) is 11.3 Å². The maximum absolute atomic E-state index is 13.5. The summed E-state index contributed by atoms with van der Waals surface area (Å²) in [4.78, 5) is 12.1. The number of benzene rings is 2. The lowest BCUT2D eigenvalue weighted by Crippen LogP contribution is -2.18. The molecule has 25 heavy (non-hydrogen) atoms. The van der Waals surface area contributed by atoms with E-state index in [1.54, 1.807) is 31.4 Å². The second-order valence-electron chi connectivity index (χ2n) is 5.12. The number of hydrazone groups is 1. The number of carbonyl (C=O) groups is 1. The molecule has 0 bridgehead atoms. The first kappa shape index (κ1) is 16.4. The monoisotopic (exact) mass is 338 g/mol. The molecule has 0 saturated heterocycles. The van der Waals surface area contributed by atoms with E-state index < -0.39 is 11.7 Å². The molecule has 0 aliphatic rings. The quantitative estimate of drug-likeness (QED) is 0.554. The molecule has 3 rings (SSSR count). The number of nitrogens with one attached hydrogen (secondary N) is 2. The predicted octanol–water partition coefficient (Wildman–Crippen LogP) is 2.99. The van der Waals surface area contributed by atoms with Crippen LogP contribution in [-0.2, 0) is 0 Å². The Morgan fingerprint density at radius 3 is 2.72 bits per heavy atom. The molecular formula is C18H15FN4O2. The van der Waals surface area contributed by atoms with Gasteiger partial charge in [0, 0.05) is 11.1 Å². The maximum atomic E-state index is 13.5. The second-order valence-corrected chi connectivity index (χ2v) is 5.12. The summed E-state index contributed by atoms with van der Waals surface area (Å²) >= 11 is 0. The van der Waals surface area contributed by atoms with Gasteiger partial charge in [-0.05, 0) is 36.4 Å². The third-order valence-corrected chi connectivity index (χ3v) is 3.48. The molecule has 0 saturated carbocycles. The van der Waals surface area contributed by atoms with Crippen molar-refractivity contribution in [3.05, 3.63) is 71.7 Å². The number of aromatic nitrogens is 2. The van der Waals surface area contributed by atoms with Gasteiger partial charge in [-0.15, -0.1) is 0 Å². The average Bonchev–Trinajstić information content (AvgIpc) is 3.13. The van der Waals surface area contributed by atoms with Gasteiger partial charge in [0.2, 0.25) is 0 Å². The smallest absolute Gasteiger partial charge is 0.289 e. The zero-order valence-corrected chi connectivity index (χ0v) is 13.4. The fourth-order valence-corrected chi connectivity index (χ4v) is 2.15. The minimum Gasteiger partial charge on any atom is -0.497 e. The first-order valence-electron chi connectivity index (χ1n) is 7.45. The summed E-state index contributed by atoms with van der Waals surface area (Å²) in [5.41, 5.74) is 4.32. The van der Waals surface area contributed by atoms with Crippen LogP contribution in [0.4, 0.5) is 4.39 Å². The fraction of sp³-hybridized carbons (Fsp3) is 0.0556. The van der Waals surface area contributed by atoms with Crippen molar-refractivity contribution in [1.29, 1.82) is 0 Å². The Bertz CT molecular complexity index is 903. The molecule has 0 fully saturated rings. The number of ether oxygens (including phenoxy) is 1. The van der Waals surface area contributed by atoms with Crippen molar-refractivity contribution < 1.29 is 13.9 Å². The molecule has 0 aliphatic carbocycles.